The van der Waals surface area contributed by atoms with Gasteiger partial charge in [0.25, 0.3) is 0 Å². The summed E-state index contributed by atoms with van der Waals surface area (Å²) in [6.45, 7) is 2.01. The first-order chi connectivity index (χ1) is 11.7. The van der Waals surface area contributed by atoms with E-state index in [1.807, 2.05) is 30.3 Å². The van der Waals surface area contributed by atoms with Gasteiger partial charge in [-0.1, -0.05) is 66.7 Å². The first-order valence-corrected chi connectivity index (χ1v) is 7.96. The molecular weight excluding hydrogens is 300 g/mol. The summed E-state index contributed by atoms with van der Waals surface area (Å²) >= 11 is 0. The van der Waals surface area contributed by atoms with Crippen molar-refractivity contribution in [2.24, 2.45) is 0 Å². The monoisotopic (exact) mass is 318 g/mol. The Morgan fingerprint density at radius 1 is 0.875 bits per heavy atom. The van der Waals surface area contributed by atoms with E-state index in [9.17, 15) is 9.59 Å². The fourth-order valence-corrected chi connectivity index (χ4v) is 2.76. The van der Waals surface area contributed by atoms with Gasteiger partial charge in [-0.25, -0.2) is 0 Å². The van der Waals surface area contributed by atoms with E-state index < -0.39 is 5.97 Å². The second-order valence-electron chi connectivity index (χ2n) is 5.51. The van der Waals surface area contributed by atoms with Crippen LogP contribution in [0.2, 0.25) is 0 Å². The average molecular weight is 318 g/mol. The van der Waals surface area contributed by atoms with Gasteiger partial charge in [-0.15, -0.1) is 0 Å². The summed E-state index contributed by atoms with van der Waals surface area (Å²) < 4.78 is 4.82. The molecule has 0 saturated carbocycles. The molecule has 0 N–H and O–H groups in total. The Labute approximate surface area is 140 Å². The molecule has 3 aromatic carbocycles. The fraction of sp³-hybridized carbons (Fsp3) is 0.143. The van der Waals surface area contributed by atoms with Gasteiger partial charge in [0.05, 0.1) is 6.61 Å². The molecular formula is C21H18O3. The molecule has 0 fully saturated rings. The van der Waals surface area contributed by atoms with Gasteiger partial charge in [0, 0.05) is 5.56 Å². The minimum Gasteiger partial charge on any atom is -0.466 e. The van der Waals surface area contributed by atoms with Crippen molar-refractivity contribution in [3.8, 4) is 11.1 Å². The van der Waals surface area contributed by atoms with Crippen LogP contribution in [0.25, 0.3) is 21.9 Å². The Morgan fingerprint density at radius 2 is 1.58 bits per heavy atom. The van der Waals surface area contributed by atoms with Gasteiger partial charge in [-0.3, -0.25) is 9.59 Å². The quantitative estimate of drug-likeness (QED) is 0.391. The molecule has 0 unspecified atom stereocenters. The summed E-state index contributed by atoms with van der Waals surface area (Å²) in [4.78, 5) is 23.5. The number of hydrogen-bond donors (Lipinski definition) is 0. The van der Waals surface area contributed by atoms with Crippen LogP contribution < -0.4 is 0 Å². The summed E-state index contributed by atoms with van der Waals surface area (Å²) in [5.74, 6) is -0.710. The highest BCUT2D eigenvalue weighted by atomic mass is 16.5. The molecule has 3 heteroatoms. The molecule has 0 aliphatic rings. The van der Waals surface area contributed by atoms with Crippen molar-refractivity contribution in [1.82, 2.24) is 0 Å². The fourth-order valence-electron chi connectivity index (χ4n) is 2.76. The molecule has 3 rings (SSSR count). The summed E-state index contributed by atoms with van der Waals surface area (Å²) in [7, 11) is 0. The molecule has 0 heterocycles. The maximum Gasteiger partial charge on any atom is 0.313 e. The topological polar surface area (TPSA) is 43.4 Å². The minimum absolute atomic E-state index is 0.221. The molecule has 0 aliphatic carbocycles. The number of carbonyl (C=O) groups excluding carboxylic acids is 2. The first-order valence-electron chi connectivity index (χ1n) is 7.96. The smallest absolute Gasteiger partial charge is 0.313 e. The SMILES string of the molecule is CCOC(=O)CC(=O)c1ccc(-c2cccc3ccccc23)cc1. The summed E-state index contributed by atoms with van der Waals surface area (Å²) in [6, 6.07) is 21.7. The van der Waals surface area contributed by atoms with Crippen molar-refractivity contribution in [2.75, 3.05) is 6.61 Å². The predicted octanol–water partition coefficient (Wildman–Crippen LogP) is 4.64. The second-order valence-corrected chi connectivity index (χ2v) is 5.51. The van der Waals surface area contributed by atoms with Gasteiger partial charge >= 0.3 is 5.97 Å². The third kappa shape index (κ3) is 3.35. The van der Waals surface area contributed by atoms with E-state index >= 15 is 0 Å². The first kappa shape index (κ1) is 15.9. The van der Waals surface area contributed by atoms with Gasteiger partial charge in [0.15, 0.2) is 5.78 Å². The number of rotatable bonds is 5. The Balaban J connectivity index is 1.86. The van der Waals surface area contributed by atoms with E-state index in [4.69, 9.17) is 4.74 Å². The molecule has 0 atom stereocenters. The molecule has 3 aromatic rings. The lowest BCUT2D eigenvalue weighted by molar-refractivity contribution is -0.141. The van der Waals surface area contributed by atoms with Crippen LogP contribution in [-0.2, 0) is 9.53 Å². The molecule has 0 bridgehead atoms. The third-order valence-corrected chi connectivity index (χ3v) is 3.92. The third-order valence-electron chi connectivity index (χ3n) is 3.92. The van der Waals surface area contributed by atoms with E-state index in [1.54, 1.807) is 19.1 Å². The number of benzene rings is 3. The van der Waals surface area contributed by atoms with Crippen LogP contribution in [-0.4, -0.2) is 18.4 Å². The number of Topliss-reactive ketones (excluding diaryl/α,β-unsaturated/α-hetero) is 1. The Kier molecular flexibility index (Phi) is 4.71. The standard InChI is InChI=1S/C21H18O3/c1-2-24-21(23)14-20(22)17-12-10-16(11-13-17)19-9-5-7-15-6-3-4-8-18(15)19/h3-13H,2,14H2,1H3. The van der Waals surface area contributed by atoms with Gasteiger partial charge < -0.3 is 4.74 Å². The summed E-state index contributed by atoms with van der Waals surface area (Å²) in [5, 5.41) is 2.35. The van der Waals surface area contributed by atoms with E-state index in [0.29, 0.717) is 5.56 Å². The van der Waals surface area contributed by atoms with Gasteiger partial charge in [0.2, 0.25) is 0 Å². The zero-order valence-electron chi connectivity index (χ0n) is 13.5. The van der Waals surface area contributed by atoms with E-state index in [0.717, 1.165) is 11.1 Å². The average Bonchev–Trinajstić information content (AvgIpc) is 2.61. The molecule has 120 valence electrons. The molecule has 0 saturated heterocycles. The maximum absolute atomic E-state index is 12.1. The van der Waals surface area contributed by atoms with Crippen molar-refractivity contribution < 1.29 is 14.3 Å². The highest BCUT2D eigenvalue weighted by Gasteiger charge is 2.13. The molecule has 0 radical (unpaired) electrons. The number of fused-ring (bicyclic) bond motifs is 1. The van der Waals surface area contributed by atoms with Crippen LogP contribution >= 0.6 is 0 Å². The van der Waals surface area contributed by atoms with Gasteiger partial charge in [-0.05, 0) is 28.8 Å². The molecule has 0 spiro atoms. The normalized spacial score (nSPS) is 10.5. The lowest BCUT2D eigenvalue weighted by Crippen LogP contribution is -2.11. The summed E-state index contributed by atoms with van der Waals surface area (Å²) in [6.07, 6.45) is -0.221. The van der Waals surface area contributed by atoms with E-state index in [-0.39, 0.29) is 18.8 Å². The molecule has 0 amide bonds. The predicted molar refractivity (Wildman–Crippen MR) is 95.0 cm³/mol. The number of hydrogen-bond acceptors (Lipinski definition) is 3. The van der Waals surface area contributed by atoms with Crippen molar-refractivity contribution >= 4 is 22.5 Å². The number of esters is 1. The number of carbonyl (C=O) groups is 2. The second kappa shape index (κ2) is 7.09. The van der Waals surface area contributed by atoms with Crippen LogP contribution in [0.3, 0.4) is 0 Å². The lowest BCUT2D eigenvalue weighted by atomic mass is 9.97. The zero-order chi connectivity index (χ0) is 16.9. The van der Waals surface area contributed by atoms with Crippen molar-refractivity contribution in [2.45, 2.75) is 13.3 Å². The van der Waals surface area contributed by atoms with Crippen LogP contribution in [0.4, 0.5) is 0 Å². The largest absolute Gasteiger partial charge is 0.466 e. The Bertz CT molecular complexity index is 874. The highest BCUT2D eigenvalue weighted by Crippen LogP contribution is 2.28. The zero-order valence-corrected chi connectivity index (χ0v) is 13.5. The van der Waals surface area contributed by atoms with Crippen molar-refractivity contribution in [3.05, 3.63) is 72.3 Å². The molecule has 3 nitrogen and oxygen atoms in total. The van der Waals surface area contributed by atoms with Gasteiger partial charge in [0.1, 0.15) is 6.42 Å². The van der Waals surface area contributed by atoms with E-state index in [1.165, 1.54) is 10.8 Å². The van der Waals surface area contributed by atoms with Crippen LogP contribution in [0.1, 0.15) is 23.7 Å². The Morgan fingerprint density at radius 3 is 2.33 bits per heavy atom. The minimum atomic E-state index is -0.486. The molecule has 0 aromatic heterocycles. The maximum atomic E-state index is 12.1. The molecule has 0 aliphatic heterocycles. The summed E-state index contributed by atoms with van der Waals surface area (Å²) in [5.41, 5.74) is 2.68. The number of ketones is 1. The van der Waals surface area contributed by atoms with Crippen LogP contribution in [0.5, 0.6) is 0 Å². The Hall–Kier alpha value is -2.94. The highest BCUT2D eigenvalue weighted by molar-refractivity contribution is 6.06. The molecule has 24 heavy (non-hydrogen) atoms. The van der Waals surface area contributed by atoms with Crippen molar-refractivity contribution in [3.63, 3.8) is 0 Å². The van der Waals surface area contributed by atoms with E-state index in [2.05, 4.69) is 24.3 Å². The van der Waals surface area contributed by atoms with Gasteiger partial charge in [-0.2, -0.15) is 0 Å². The van der Waals surface area contributed by atoms with Crippen LogP contribution in [0.15, 0.2) is 66.7 Å². The number of ether oxygens (including phenoxy) is 1. The van der Waals surface area contributed by atoms with Crippen molar-refractivity contribution in [1.29, 1.82) is 0 Å². The lowest BCUT2D eigenvalue weighted by Gasteiger charge is -2.08. The van der Waals surface area contributed by atoms with Crippen LogP contribution in [0, 0.1) is 0 Å².